The van der Waals surface area contributed by atoms with Gasteiger partial charge in [-0.15, -0.1) is 0 Å². The fraction of sp³-hybridized carbons (Fsp3) is 0.474. The van der Waals surface area contributed by atoms with Crippen molar-refractivity contribution in [2.45, 2.75) is 51.6 Å². The summed E-state index contributed by atoms with van der Waals surface area (Å²) in [5.41, 5.74) is 1.80. The minimum Gasteiger partial charge on any atom is -0.354 e. The number of para-hydroxylation sites is 2. The lowest BCUT2D eigenvalue weighted by Gasteiger charge is -2.04. The number of imidazole rings is 1. The quantitative estimate of drug-likeness (QED) is 0.643. The molecule has 8 nitrogen and oxygen atoms in total. The van der Waals surface area contributed by atoms with Crippen LogP contribution in [0.3, 0.4) is 0 Å². The summed E-state index contributed by atoms with van der Waals surface area (Å²) in [4.78, 5) is 32.3. The highest BCUT2D eigenvalue weighted by atomic mass is 16.2. The van der Waals surface area contributed by atoms with Gasteiger partial charge in [-0.25, -0.2) is 14.5 Å². The van der Waals surface area contributed by atoms with E-state index in [1.807, 2.05) is 24.3 Å². The molecular formula is C19H24N6O2. The molecule has 8 heteroatoms. The molecule has 0 saturated carbocycles. The second-order valence-electron chi connectivity index (χ2n) is 6.97. The molecule has 0 atom stereocenters. The number of carbonyl (C=O) groups excluding carboxylic acids is 1. The Kier molecular flexibility index (Phi) is 5.04. The van der Waals surface area contributed by atoms with E-state index in [0.717, 1.165) is 61.2 Å². The highest BCUT2D eigenvalue weighted by Gasteiger charge is 2.17. The predicted molar refractivity (Wildman–Crippen MR) is 101 cm³/mol. The lowest BCUT2D eigenvalue weighted by Crippen LogP contribution is -2.34. The second kappa shape index (κ2) is 7.77. The summed E-state index contributed by atoms with van der Waals surface area (Å²) in [7, 11) is 0. The molecular weight excluding hydrogens is 344 g/mol. The lowest BCUT2D eigenvalue weighted by molar-refractivity contribution is -0.121. The van der Waals surface area contributed by atoms with Gasteiger partial charge in [0.05, 0.1) is 11.0 Å². The topological polar surface area (TPSA) is 97.6 Å². The van der Waals surface area contributed by atoms with E-state index in [9.17, 15) is 9.59 Å². The van der Waals surface area contributed by atoms with Gasteiger partial charge < -0.3 is 10.3 Å². The maximum Gasteiger partial charge on any atom is 0.346 e. The summed E-state index contributed by atoms with van der Waals surface area (Å²) in [5.74, 6) is 1.53. The number of aryl methyl sites for hydroxylation is 2. The molecule has 0 bridgehead atoms. The fourth-order valence-electron chi connectivity index (χ4n) is 3.53. The monoisotopic (exact) mass is 368 g/mol. The van der Waals surface area contributed by atoms with E-state index in [0.29, 0.717) is 13.1 Å². The number of fused-ring (bicyclic) bond motifs is 2. The summed E-state index contributed by atoms with van der Waals surface area (Å²) in [5, 5.41) is 7.21. The number of benzene rings is 1. The third-order valence-electron chi connectivity index (χ3n) is 4.93. The van der Waals surface area contributed by atoms with Crippen molar-refractivity contribution < 1.29 is 4.79 Å². The minimum atomic E-state index is -0.185. The molecule has 3 aromatic rings. The molecule has 1 amide bonds. The number of aromatic nitrogens is 5. The molecule has 1 aliphatic rings. The number of nitrogens with zero attached hydrogens (tertiary/aromatic N) is 4. The normalized spacial score (nSPS) is 14.1. The molecule has 0 aliphatic carbocycles. The van der Waals surface area contributed by atoms with Crippen molar-refractivity contribution in [1.29, 1.82) is 0 Å². The second-order valence-corrected chi connectivity index (χ2v) is 6.97. The van der Waals surface area contributed by atoms with Crippen molar-refractivity contribution in [2.24, 2.45) is 0 Å². The molecule has 0 saturated heterocycles. The summed E-state index contributed by atoms with van der Waals surface area (Å²) in [6, 6.07) is 7.91. The van der Waals surface area contributed by atoms with Crippen molar-refractivity contribution >= 4 is 16.9 Å². The molecule has 0 fully saturated rings. The number of H-pyrrole nitrogens is 1. The molecule has 0 spiro atoms. The van der Waals surface area contributed by atoms with Crippen molar-refractivity contribution in [3.05, 3.63) is 46.4 Å². The van der Waals surface area contributed by atoms with Gasteiger partial charge in [0.2, 0.25) is 5.91 Å². The van der Waals surface area contributed by atoms with E-state index < -0.39 is 0 Å². The van der Waals surface area contributed by atoms with Gasteiger partial charge in [-0.1, -0.05) is 18.6 Å². The van der Waals surface area contributed by atoms with Crippen LogP contribution >= 0.6 is 0 Å². The number of carbonyl (C=O) groups is 1. The van der Waals surface area contributed by atoms with E-state index in [2.05, 4.69) is 20.4 Å². The highest BCUT2D eigenvalue weighted by Crippen LogP contribution is 2.11. The van der Waals surface area contributed by atoms with Crippen LogP contribution in [0.25, 0.3) is 11.0 Å². The van der Waals surface area contributed by atoms with Crippen LogP contribution < -0.4 is 11.0 Å². The third-order valence-corrected chi connectivity index (χ3v) is 4.93. The molecule has 0 unspecified atom stereocenters. The number of amides is 1. The van der Waals surface area contributed by atoms with Crippen molar-refractivity contribution in [2.75, 3.05) is 6.54 Å². The van der Waals surface area contributed by atoms with Gasteiger partial charge >= 0.3 is 5.69 Å². The first-order valence-electron chi connectivity index (χ1n) is 9.57. The lowest BCUT2D eigenvalue weighted by atomic mass is 10.2. The van der Waals surface area contributed by atoms with Crippen molar-refractivity contribution in [1.82, 2.24) is 29.6 Å². The van der Waals surface area contributed by atoms with Crippen LogP contribution in [-0.4, -0.2) is 36.8 Å². The zero-order chi connectivity index (χ0) is 18.6. The molecule has 27 heavy (non-hydrogen) atoms. The molecule has 1 aromatic carbocycles. The van der Waals surface area contributed by atoms with Gasteiger partial charge in [0.25, 0.3) is 0 Å². The van der Waals surface area contributed by atoms with Crippen molar-refractivity contribution in [3.63, 3.8) is 0 Å². The first kappa shape index (κ1) is 17.5. The number of rotatable bonds is 6. The average molecular weight is 368 g/mol. The molecule has 142 valence electrons. The number of hydrogen-bond acceptors (Lipinski definition) is 4. The van der Waals surface area contributed by atoms with Gasteiger partial charge in [0.15, 0.2) is 0 Å². The van der Waals surface area contributed by atoms with Crippen LogP contribution in [0.5, 0.6) is 0 Å². The zero-order valence-corrected chi connectivity index (χ0v) is 15.3. The van der Waals surface area contributed by atoms with E-state index in [1.54, 1.807) is 4.57 Å². The standard InChI is InChI=1S/C19H24N6O2/c26-18(13-25-19(27)24-12-5-1-2-10-17(24)23-25)20-11-6-9-16-21-14-7-3-4-8-15(14)22-16/h3-4,7-8H,1-2,5-6,9-13H2,(H,20,26)(H,21,22). The first-order valence-corrected chi connectivity index (χ1v) is 9.57. The number of hydrogen-bond donors (Lipinski definition) is 2. The van der Waals surface area contributed by atoms with Gasteiger partial charge in [-0.05, 0) is 31.4 Å². The zero-order valence-electron chi connectivity index (χ0n) is 15.3. The van der Waals surface area contributed by atoms with Crippen LogP contribution in [0.4, 0.5) is 0 Å². The van der Waals surface area contributed by atoms with Crippen LogP contribution in [0.15, 0.2) is 29.1 Å². The van der Waals surface area contributed by atoms with Gasteiger partial charge in [-0.3, -0.25) is 9.36 Å². The number of nitrogens with one attached hydrogen (secondary N) is 2. The van der Waals surface area contributed by atoms with Crippen LogP contribution in [0, 0.1) is 0 Å². The van der Waals surface area contributed by atoms with E-state index >= 15 is 0 Å². The van der Waals surface area contributed by atoms with Gasteiger partial charge in [0.1, 0.15) is 18.2 Å². The largest absolute Gasteiger partial charge is 0.354 e. The SMILES string of the molecule is O=C(Cn1nc2n(c1=O)CCCCC2)NCCCc1nc2ccccc2[nH]1. The Morgan fingerprint density at radius 2 is 2.11 bits per heavy atom. The molecule has 1 aliphatic heterocycles. The summed E-state index contributed by atoms with van der Waals surface area (Å²) in [6.45, 7) is 1.22. The maximum absolute atomic E-state index is 12.4. The Labute approximate surface area is 156 Å². The molecule has 0 radical (unpaired) electrons. The van der Waals surface area contributed by atoms with Gasteiger partial charge in [0, 0.05) is 25.9 Å². The molecule has 2 aromatic heterocycles. The Morgan fingerprint density at radius 3 is 3.00 bits per heavy atom. The fourth-order valence-corrected chi connectivity index (χ4v) is 3.53. The first-order chi connectivity index (χ1) is 13.2. The van der Waals surface area contributed by atoms with E-state index in [1.165, 1.54) is 4.68 Å². The smallest absolute Gasteiger partial charge is 0.346 e. The Balaban J connectivity index is 1.27. The maximum atomic E-state index is 12.4. The predicted octanol–water partition coefficient (Wildman–Crippen LogP) is 1.40. The van der Waals surface area contributed by atoms with Crippen LogP contribution in [-0.2, 0) is 30.7 Å². The highest BCUT2D eigenvalue weighted by molar-refractivity contribution is 5.75. The molecule has 4 rings (SSSR count). The summed E-state index contributed by atoms with van der Waals surface area (Å²) < 4.78 is 3.00. The van der Waals surface area contributed by atoms with Crippen LogP contribution in [0.1, 0.15) is 37.3 Å². The summed E-state index contributed by atoms with van der Waals surface area (Å²) >= 11 is 0. The van der Waals surface area contributed by atoms with Gasteiger partial charge in [-0.2, -0.15) is 5.10 Å². The average Bonchev–Trinajstić information content (AvgIpc) is 3.11. The third kappa shape index (κ3) is 3.94. The Morgan fingerprint density at radius 1 is 1.22 bits per heavy atom. The molecule has 2 N–H and O–H groups in total. The Bertz CT molecular complexity index is 966. The Hall–Kier alpha value is -2.90. The minimum absolute atomic E-state index is 0.0243. The molecule has 3 heterocycles. The number of aromatic amines is 1. The van der Waals surface area contributed by atoms with Crippen LogP contribution in [0.2, 0.25) is 0 Å². The summed E-state index contributed by atoms with van der Waals surface area (Å²) in [6.07, 6.45) is 5.50. The van der Waals surface area contributed by atoms with Crippen molar-refractivity contribution in [3.8, 4) is 0 Å². The van der Waals surface area contributed by atoms with E-state index in [4.69, 9.17) is 0 Å². The van der Waals surface area contributed by atoms with E-state index in [-0.39, 0.29) is 18.1 Å².